The molecule has 3 atom stereocenters. The van der Waals surface area contributed by atoms with Crippen molar-refractivity contribution in [3.63, 3.8) is 0 Å². The highest BCUT2D eigenvalue weighted by molar-refractivity contribution is 5.86. The molecule has 5 heteroatoms. The standard InChI is InChI=1S/C38H52N2O3/c1-6-26(4)33-19-28(20-34(30-11-12-30)35(33)32-13-10-25(3)17-29(32)7-2)22-40-23-38(24-40)21-31(39-43-38)18-27-9-8-15-37(5,16-14-27)36(41)42/h10,13,17,19-20,26-27,30H,6-9,11-12,14-16,18,21-24H2,1-5H3,(H,41,42). The maximum atomic E-state index is 11.8. The Bertz CT molecular complexity index is 1390. The minimum atomic E-state index is -0.640. The van der Waals surface area contributed by atoms with Gasteiger partial charge < -0.3 is 9.94 Å². The summed E-state index contributed by atoms with van der Waals surface area (Å²) in [6.07, 6.45) is 11.3. The molecule has 2 heterocycles. The van der Waals surface area contributed by atoms with Crippen molar-refractivity contribution in [1.82, 2.24) is 4.90 Å². The molecular formula is C38H52N2O3. The Morgan fingerprint density at radius 2 is 1.91 bits per heavy atom. The van der Waals surface area contributed by atoms with Crippen molar-refractivity contribution in [3.8, 4) is 11.1 Å². The van der Waals surface area contributed by atoms with E-state index < -0.39 is 11.4 Å². The van der Waals surface area contributed by atoms with E-state index in [9.17, 15) is 9.90 Å². The number of carbonyl (C=O) groups is 1. The van der Waals surface area contributed by atoms with Crippen molar-refractivity contribution < 1.29 is 14.7 Å². The third-order valence-electron chi connectivity index (χ3n) is 11.1. The first-order valence-corrected chi connectivity index (χ1v) is 17.1. The molecule has 2 aliphatic carbocycles. The van der Waals surface area contributed by atoms with E-state index in [4.69, 9.17) is 4.84 Å². The Kier molecular flexibility index (Phi) is 8.49. The second-order valence-electron chi connectivity index (χ2n) is 14.9. The molecule has 0 bridgehead atoms. The number of rotatable bonds is 10. The van der Waals surface area contributed by atoms with Crippen molar-refractivity contribution in [1.29, 1.82) is 0 Å². The summed E-state index contributed by atoms with van der Waals surface area (Å²) in [7, 11) is 0. The molecule has 2 aromatic carbocycles. The van der Waals surface area contributed by atoms with E-state index in [1.54, 1.807) is 5.56 Å². The van der Waals surface area contributed by atoms with Gasteiger partial charge in [-0.3, -0.25) is 9.69 Å². The van der Waals surface area contributed by atoms with Gasteiger partial charge in [-0.1, -0.05) is 74.7 Å². The number of carboxylic acids is 1. The fourth-order valence-electron chi connectivity index (χ4n) is 8.08. The van der Waals surface area contributed by atoms with Crippen LogP contribution in [0.2, 0.25) is 0 Å². The number of nitrogens with zero attached hydrogens (tertiary/aromatic N) is 2. The van der Waals surface area contributed by atoms with Crippen molar-refractivity contribution in [2.24, 2.45) is 16.5 Å². The van der Waals surface area contributed by atoms with Gasteiger partial charge in [0.1, 0.15) is 0 Å². The Hall–Kier alpha value is -2.66. The lowest BCUT2D eigenvalue weighted by atomic mass is 9.81. The summed E-state index contributed by atoms with van der Waals surface area (Å²) in [6.45, 7) is 14.0. The molecule has 0 amide bonds. The second-order valence-corrected chi connectivity index (χ2v) is 14.9. The van der Waals surface area contributed by atoms with E-state index in [1.165, 1.54) is 51.9 Å². The van der Waals surface area contributed by atoms with Crippen molar-refractivity contribution in [2.45, 2.75) is 129 Å². The van der Waals surface area contributed by atoms with E-state index in [2.05, 4.69) is 68.1 Å². The number of aryl methyl sites for hydroxylation is 2. The summed E-state index contributed by atoms with van der Waals surface area (Å²) in [5.41, 5.74) is 10.8. The molecule has 43 heavy (non-hydrogen) atoms. The number of likely N-dealkylation sites (tertiary alicyclic amines) is 1. The second kappa shape index (κ2) is 12.0. The maximum absolute atomic E-state index is 11.8. The minimum absolute atomic E-state index is 0.160. The predicted molar refractivity (Wildman–Crippen MR) is 175 cm³/mol. The molecule has 232 valence electrons. The highest BCUT2D eigenvalue weighted by Gasteiger charge is 2.50. The number of hydrogen-bond acceptors (Lipinski definition) is 4. The molecule has 4 aliphatic rings. The van der Waals surface area contributed by atoms with Crippen LogP contribution in [-0.4, -0.2) is 40.4 Å². The molecular weight excluding hydrogens is 532 g/mol. The Labute approximate surface area is 259 Å². The van der Waals surface area contributed by atoms with Crippen LogP contribution in [0.15, 0.2) is 35.5 Å². The molecule has 5 nitrogen and oxygen atoms in total. The van der Waals surface area contributed by atoms with Crippen LogP contribution in [0.3, 0.4) is 0 Å². The van der Waals surface area contributed by atoms with Crippen molar-refractivity contribution in [2.75, 3.05) is 13.1 Å². The molecule has 6 rings (SSSR count). The fourth-order valence-corrected chi connectivity index (χ4v) is 8.08. The van der Waals surface area contributed by atoms with E-state index in [1.807, 2.05) is 6.92 Å². The summed E-state index contributed by atoms with van der Waals surface area (Å²) < 4.78 is 0. The highest BCUT2D eigenvalue weighted by Crippen LogP contribution is 2.49. The normalized spacial score (nSPS) is 26.0. The van der Waals surface area contributed by atoms with Gasteiger partial charge in [-0.25, -0.2) is 0 Å². The highest BCUT2D eigenvalue weighted by atomic mass is 16.7. The zero-order chi connectivity index (χ0) is 30.4. The Morgan fingerprint density at radius 3 is 2.60 bits per heavy atom. The van der Waals surface area contributed by atoms with Crippen LogP contribution in [0.1, 0.15) is 132 Å². The molecule has 1 N–H and O–H groups in total. The quantitative estimate of drug-likeness (QED) is 0.283. The maximum Gasteiger partial charge on any atom is 0.309 e. The molecule has 2 saturated carbocycles. The van der Waals surface area contributed by atoms with Crippen LogP contribution in [0.25, 0.3) is 11.1 Å². The summed E-state index contributed by atoms with van der Waals surface area (Å²) in [4.78, 5) is 20.4. The molecule has 1 spiro atoms. The van der Waals surface area contributed by atoms with Gasteiger partial charge in [0, 0.05) is 26.1 Å². The average Bonchev–Trinajstić information content (AvgIpc) is 3.77. The van der Waals surface area contributed by atoms with Gasteiger partial charge in [-0.05, 0) is 116 Å². The molecule has 3 fully saturated rings. The molecule has 3 unspecified atom stereocenters. The minimum Gasteiger partial charge on any atom is -0.481 e. The van der Waals surface area contributed by atoms with Gasteiger partial charge in [-0.15, -0.1) is 0 Å². The lowest BCUT2D eigenvalue weighted by Crippen LogP contribution is -2.61. The van der Waals surface area contributed by atoms with Gasteiger partial charge in [0.15, 0.2) is 5.60 Å². The van der Waals surface area contributed by atoms with Crippen LogP contribution >= 0.6 is 0 Å². The van der Waals surface area contributed by atoms with Crippen molar-refractivity contribution in [3.05, 3.63) is 58.1 Å². The van der Waals surface area contributed by atoms with Crippen LogP contribution < -0.4 is 0 Å². The molecule has 0 aromatic heterocycles. The van der Waals surface area contributed by atoms with Gasteiger partial charge >= 0.3 is 5.97 Å². The van der Waals surface area contributed by atoms with Crippen LogP contribution in [0.4, 0.5) is 0 Å². The number of benzene rings is 2. The Balaban J connectivity index is 1.13. The lowest BCUT2D eigenvalue weighted by molar-refractivity contribution is -0.148. The number of carboxylic acid groups (broad SMARTS) is 1. The van der Waals surface area contributed by atoms with E-state index in [-0.39, 0.29) is 5.60 Å². The Morgan fingerprint density at radius 1 is 1.12 bits per heavy atom. The van der Waals surface area contributed by atoms with Crippen LogP contribution in [-0.2, 0) is 22.6 Å². The summed E-state index contributed by atoms with van der Waals surface area (Å²) in [5.74, 6) is 1.10. The van der Waals surface area contributed by atoms with Gasteiger partial charge in [-0.2, -0.15) is 0 Å². The first-order chi connectivity index (χ1) is 20.6. The van der Waals surface area contributed by atoms with Crippen LogP contribution in [0, 0.1) is 18.3 Å². The van der Waals surface area contributed by atoms with Gasteiger partial charge in [0.25, 0.3) is 0 Å². The van der Waals surface area contributed by atoms with E-state index in [0.29, 0.717) is 17.8 Å². The number of aliphatic carboxylic acids is 1. The fraction of sp³-hybridized carbons (Fsp3) is 0.632. The predicted octanol–water partition coefficient (Wildman–Crippen LogP) is 9.01. The summed E-state index contributed by atoms with van der Waals surface area (Å²) in [5, 5.41) is 14.3. The first kappa shape index (κ1) is 30.4. The molecule has 2 aliphatic heterocycles. The molecule has 1 saturated heterocycles. The lowest BCUT2D eigenvalue weighted by Gasteiger charge is -2.45. The average molecular weight is 585 g/mol. The number of oxime groups is 1. The molecule has 2 aromatic rings. The third kappa shape index (κ3) is 6.30. The van der Waals surface area contributed by atoms with Crippen LogP contribution in [0.5, 0.6) is 0 Å². The van der Waals surface area contributed by atoms with Gasteiger partial charge in [0.05, 0.1) is 11.1 Å². The zero-order valence-electron chi connectivity index (χ0n) is 27.2. The first-order valence-electron chi connectivity index (χ1n) is 17.1. The number of hydrogen-bond donors (Lipinski definition) is 1. The summed E-state index contributed by atoms with van der Waals surface area (Å²) in [6, 6.07) is 12.1. The topological polar surface area (TPSA) is 62.1 Å². The zero-order valence-corrected chi connectivity index (χ0v) is 27.2. The SMILES string of the molecule is CCc1cc(C)ccc1-c1c(C(C)CC)cc(CN2CC3(CC(CC4CCCC(C)(C(=O)O)CC4)=NO3)C2)cc1C1CC1. The monoisotopic (exact) mass is 584 g/mol. The largest absolute Gasteiger partial charge is 0.481 e. The molecule has 0 radical (unpaired) electrons. The van der Waals surface area contributed by atoms with E-state index >= 15 is 0 Å². The van der Waals surface area contributed by atoms with E-state index in [0.717, 1.165) is 77.4 Å². The van der Waals surface area contributed by atoms with Crippen molar-refractivity contribution >= 4 is 11.7 Å². The van der Waals surface area contributed by atoms with Gasteiger partial charge in [0.2, 0.25) is 0 Å². The third-order valence-corrected chi connectivity index (χ3v) is 11.1. The smallest absolute Gasteiger partial charge is 0.309 e. The summed E-state index contributed by atoms with van der Waals surface area (Å²) >= 11 is 0.